The highest BCUT2D eigenvalue weighted by Gasteiger charge is 2.44. The SMILES string of the molecule is C/C=C/OC1OC(CO)C(O)C(O)C1O. The van der Waals surface area contributed by atoms with Crippen LogP contribution in [0.15, 0.2) is 12.3 Å². The van der Waals surface area contributed by atoms with Gasteiger partial charge in [-0.1, -0.05) is 6.08 Å². The van der Waals surface area contributed by atoms with Gasteiger partial charge in [0.15, 0.2) is 0 Å². The molecule has 0 aromatic rings. The van der Waals surface area contributed by atoms with Crippen LogP contribution in [-0.4, -0.2) is 57.7 Å². The molecule has 4 N–H and O–H groups in total. The van der Waals surface area contributed by atoms with Crippen molar-refractivity contribution in [1.29, 1.82) is 0 Å². The molecule has 88 valence electrons. The van der Waals surface area contributed by atoms with Crippen LogP contribution in [-0.2, 0) is 9.47 Å². The Bertz CT molecular complexity index is 217. The Balaban J connectivity index is 2.65. The molecule has 0 bridgehead atoms. The maximum Gasteiger partial charge on any atom is 0.228 e. The highest BCUT2D eigenvalue weighted by atomic mass is 16.7. The quantitative estimate of drug-likeness (QED) is 0.425. The van der Waals surface area contributed by atoms with E-state index in [0.29, 0.717) is 0 Å². The molecule has 15 heavy (non-hydrogen) atoms. The normalized spacial score (nSPS) is 42.1. The van der Waals surface area contributed by atoms with Crippen LogP contribution in [0, 0.1) is 0 Å². The molecule has 0 aliphatic carbocycles. The molecule has 0 aromatic carbocycles. The zero-order chi connectivity index (χ0) is 11.4. The first-order chi connectivity index (χ1) is 7.11. The Morgan fingerprint density at radius 1 is 1.20 bits per heavy atom. The molecule has 0 amide bonds. The van der Waals surface area contributed by atoms with Crippen molar-refractivity contribution >= 4 is 0 Å². The summed E-state index contributed by atoms with van der Waals surface area (Å²) >= 11 is 0. The summed E-state index contributed by atoms with van der Waals surface area (Å²) in [5, 5.41) is 37.1. The van der Waals surface area contributed by atoms with E-state index in [1.807, 2.05) is 0 Å². The second-order valence-electron chi connectivity index (χ2n) is 3.30. The van der Waals surface area contributed by atoms with Crippen LogP contribution in [0.3, 0.4) is 0 Å². The molecule has 0 saturated carbocycles. The summed E-state index contributed by atoms with van der Waals surface area (Å²) in [5.41, 5.74) is 0. The molecule has 1 heterocycles. The van der Waals surface area contributed by atoms with Crippen LogP contribution in [0.1, 0.15) is 6.92 Å². The van der Waals surface area contributed by atoms with Gasteiger partial charge < -0.3 is 29.9 Å². The molecule has 1 rings (SSSR count). The Morgan fingerprint density at radius 2 is 1.87 bits per heavy atom. The van der Waals surface area contributed by atoms with Crippen molar-refractivity contribution in [1.82, 2.24) is 0 Å². The summed E-state index contributed by atoms with van der Waals surface area (Å²) in [6.07, 6.45) is -3.23. The number of hydrogen-bond donors (Lipinski definition) is 4. The van der Waals surface area contributed by atoms with E-state index in [2.05, 4.69) is 0 Å². The molecule has 0 radical (unpaired) electrons. The van der Waals surface area contributed by atoms with Gasteiger partial charge in [0.1, 0.15) is 24.4 Å². The second kappa shape index (κ2) is 5.43. The third-order valence-electron chi connectivity index (χ3n) is 2.20. The van der Waals surface area contributed by atoms with E-state index in [1.54, 1.807) is 13.0 Å². The lowest BCUT2D eigenvalue weighted by Crippen LogP contribution is -2.58. The molecule has 5 unspecified atom stereocenters. The van der Waals surface area contributed by atoms with E-state index in [-0.39, 0.29) is 0 Å². The van der Waals surface area contributed by atoms with E-state index in [4.69, 9.17) is 14.6 Å². The van der Waals surface area contributed by atoms with Gasteiger partial charge in [0.2, 0.25) is 6.29 Å². The maximum absolute atomic E-state index is 9.47. The number of allylic oxidation sites excluding steroid dienone is 1. The first kappa shape index (κ1) is 12.4. The zero-order valence-electron chi connectivity index (χ0n) is 8.35. The predicted octanol–water partition coefficient (Wildman–Crippen LogP) is -1.66. The molecule has 1 aliphatic rings. The second-order valence-corrected chi connectivity index (χ2v) is 3.30. The van der Waals surface area contributed by atoms with Gasteiger partial charge in [-0.15, -0.1) is 0 Å². The first-order valence-corrected chi connectivity index (χ1v) is 4.69. The first-order valence-electron chi connectivity index (χ1n) is 4.69. The van der Waals surface area contributed by atoms with Crippen molar-refractivity contribution < 1.29 is 29.9 Å². The van der Waals surface area contributed by atoms with Crippen LogP contribution in [0.2, 0.25) is 0 Å². The average molecular weight is 220 g/mol. The number of ether oxygens (including phenoxy) is 2. The summed E-state index contributed by atoms with van der Waals surface area (Å²) in [7, 11) is 0. The molecule has 1 saturated heterocycles. The Kier molecular flexibility index (Phi) is 4.49. The van der Waals surface area contributed by atoms with Crippen LogP contribution in [0.5, 0.6) is 0 Å². The smallest absolute Gasteiger partial charge is 0.228 e. The molecular formula is C9H16O6. The maximum atomic E-state index is 9.47. The highest BCUT2D eigenvalue weighted by molar-refractivity contribution is 4.89. The fourth-order valence-electron chi connectivity index (χ4n) is 1.34. The largest absolute Gasteiger partial charge is 0.470 e. The van der Waals surface area contributed by atoms with E-state index < -0.39 is 37.3 Å². The summed E-state index contributed by atoms with van der Waals surface area (Å²) in [6.45, 7) is 1.25. The van der Waals surface area contributed by atoms with Gasteiger partial charge in [-0.2, -0.15) is 0 Å². The van der Waals surface area contributed by atoms with Crippen LogP contribution >= 0.6 is 0 Å². The minimum atomic E-state index is -1.40. The van der Waals surface area contributed by atoms with Gasteiger partial charge in [0.25, 0.3) is 0 Å². The predicted molar refractivity (Wildman–Crippen MR) is 49.7 cm³/mol. The van der Waals surface area contributed by atoms with Gasteiger partial charge in [-0.3, -0.25) is 0 Å². The molecule has 5 atom stereocenters. The molecule has 1 aliphatic heterocycles. The Morgan fingerprint density at radius 3 is 2.40 bits per heavy atom. The third-order valence-corrected chi connectivity index (χ3v) is 2.20. The van der Waals surface area contributed by atoms with Crippen LogP contribution < -0.4 is 0 Å². The van der Waals surface area contributed by atoms with Crippen LogP contribution in [0.25, 0.3) is 0 Å². The van der Waals surface area contributed by atoms with E-state index in [1.165, 1.54) is 6.26 Å². The lowest BCUT2D eigenvalue weighted by Gasteiger charge is -2.38. The monoisotopic (exact) mass is 220 g/mol. The van der Waals surface area contributed by atoms with Crippen molar-refractivity contribution in [3.63, 3.8) is 0 Å². The van der Waals surface area contributed by atoms with Crippen molar-refractivity contribution in [2.24, 2.45) is 0 Å². The fourth-order valence-corrected chi connectivity index (χ4v) is 1.34. The van der Waals surface area contributed by atoms with Crippen molar-refractivity contribution in [3.8, 4) is 0 Å². The van der Waals surface area contributed by atoms with Crippen LogP contribution in [0.4, 0.5) is 0 Å². The highest BCUT2D eigenvalue weighted by Crippen LogP contribution is 2.21. The number of rotatable bonds is 3. The number of aliphatic hydroxyl groups is 4. The van der Waals surface area contributed by atoms with Gasteiger partial charge in [0.05, 0.1) is 12.9 Å². The van der Waals surface area contributed by atoms with E-state index >= 15 is 0 Å². The minimum Gasteiger partial charge on any atom is -0.470 e. The molecule has 6 heteroatoms. The van der Waals surface area contributed by atoms with Gasteiger partial charge in [-0.25, -0.2) is 0 Å². The van der Waals surface area contributed by atoms with Gasteiger partial charge in [0, 0.05) is 0 Å². The van der Waals surface area contributed by atoms with Gasteiger partial charge >= 0.3 is 0 Å². The van der Waals surface area contributed by atoms with Crippen molar-refractivity contribution in [2.45, 2.75) is 37.6 Å². The summed E-state index contributed by atoms with van der Waals surface area (Å²) in [5.74, 6) is 0. The number of hydrogen-bond acceptors (Lipinski definition) is 6. The van der Waals surface area contributed by atoms with Crippen molar-refractivity contribution in [3.05, 3.63) is 12.3 Å². The summed E-state index contributed by atoms with van der Waals surface area (Å²) in [6, 6.07) is 0. The minimum absolute atomic E-state index is 0.458. The Labute approximate surface area is 87.4 Å². The summed E-state index contributed by atoms with van der Waals surface area (Å²) < 4.78 is 10.0. The third kappa shape index (κ3) is 2.67. The summed E-state index contributed by atoms with van der Waals surface area (Å²) in [4.78, 5) is 0. The Hall–Kier alpha value is -0.660. The molecule has 6 nitrogen and oxygen atoms in total. The fraction of sp³-hybridized carbons (Fsp3) is 0.778. The van der Waals surface area contributed by atoms with Gasteiger partial charge in [-0.05, 0) is 6.92 Å². The molecule has 0 spiro atoms. The molecule has 0 aromatic heterocycles. The lowest BCUT2D eigenvalue weighted by molar-refractivity contribution is -0.287. The van der Waals surface area contributed by atoms with E-state index in [0.717, 1.165) is 0 Å². The molecular weight excluding hydrogens is 204 g/mol. The number of aliphatic hydroxyl groups excluding tert-OH is 4. The average Bonchev–Trinajstić information content (AvgIpc) is 2.25. The zero-order valence-corrected chi connectivity index (χ0v) is 8.35. The topological polar surface area (TPSA) is 99.4 Å². The lowest BCUT2D eigenvalue weighted by atomic mass is 9.99. The van der Waals surface area contributed by atoms with E-state index in [9.17, 15) is 15.3 Å². The standard InChI is InChI=1S/C9H16O6/c1-2-3-14-9-8(13)7(12)6(11)5(4-10)15-9/h2-3,5-13H,4H2,1H3/b3-2+. The molecule has 1 fully saturated rings. The van der Waals surface area contributed by atoms with Crippen molar-refractivity contribution in [2.75, 3.05) is 6.61 Å².